The molecule has 3 nitrogen and oxygen atoms in total. The van der Waals surface area contributed by atoms with Crippen LogP contribution in [0.5, 0.6) is 5.75 Å². The van der Waals surface area contributed by atoms with Gasteiger partial charge in [0.2, 0.25) is 0 Å². The van der Waals surface area contributed by atoms with Crippen molar-refractivity contribution in [2.24, 2.45) is 5.92 Å². The highest BCUT2D eigenvalue weighted by Crippen LogP contribution is 2.27. The Bertz CT molecular complexity index is 408. The average Bonchev–Trinajstić information content (AvgIpc) is 2.85. The first kappa shape index (κ1) is 15.3. The summed E-state index contributed by atoms with van der Waals surface area (Å²) >= 11 is 0. The minimum atomic E-state index is 0.355. The number of nitrogens with zero attached hydrogens (tertiary/aromatic N) is 1. The molecule has 1 aliphatic heterocycles. The highest BCUT2D eigenvalue weighted by atomic mass is 16.5. The van der Waals surface area contributed by atoms with Crippen LogP contribution in [0.15, 0.2) is 24.3 Å². The van der Waals surface area contributed by atoms with E-state index in [1.807, 2.05) is 6.92 Å². The van der Waals surface area contributed by atoms with Crippen molar-refractivity contribution in [2.75, 3.05) is 32.8 Å². The largest absolute Gasteiger partial charge is 0.494 e. The Balaban J connectivity index is 2.11. The zero-order chi connectivity index (χ0) is 14.4. The second-order valence-electron chi connectivity index (χ2n) is 5.73. The van der Waals surface area contributed by atoms with E-state index < -0.39 is 0 Å². The lowest BCUT2D eigenvalue weighted by molar-refractivity contribution is 0.277. The van der Waals surface area contributed by atoms with E-state index >= 15 is 0 Å². The highest BCUT2D eigenvalue weighted by Gasteiger charge is 2.23. The molecule has 1 N–H and O–H groups in total. The molecule has 2 atom stereocenters. The SMILES string of the molecule is CCNC(CN1CCC(C)C1)c1ccccc1OCC. The number of benzene rings is 1. The van der Waals surface area contributed by atoms with Gasteiger partial charge in [-0.05, 0) is 38.4 Å². The van der Waals surface area contributed by atoms with Crippen LogP contribution in [0, 0.1) is 5.92 Å². The predicted molar refractivity (Wildman–Crippen MR) is 84.2 cm³/mol. The van der Waals surface area contributed by atoms with E-state index in [1.54, 1.807) is 0 Å². The van der Waals surface area contributed by atoms with Gasteiger partial charge in [0.1, 0.15) is 5.75 Å². The molecular formula is C17H28N2O. The van der Waals surface area contributed by atoms with Gasteiger partial charge < -0.3 is 15.0 Å². The molecule has 1 aliphatic rings. The summed E-state index contributed by atoms with van der Waals surface area (Å²) < 4.78 is 5.79. The van der Waals surface area contributed by atoms with Gasteiger partial charge in [-0.2, -0.15) is 0 Å². The van der Waals surface area contributed by atoms with Gasteiger partial charge >= 0.3 is 0 Å². The molecule has 2 rings (SSSR count). The van der Waals surface area contributed by atoms with Gasteiger partial charge in [0.05, 0.1) is 6.61 Å². The maximum atomic E-state index is 5.79. The Labute approximate surface area is 123 Å². The van der Waals surface area contributed by atoms with Crippen LogP contribution in [0.4, 0.5) is 0 Å². The van der Waals surface area contributed by atoms with Crippen LogP contribution in [-0.4, -0.2) is 37.7 Å². The van der Waals surface area contributed by atoms with Gasteiger partial charge in [-0.3, -0.25) is 0 Å². The molecular weight excluding hydrogens is 248 g/mol. The van der Waals surface area contributed by atoms with E-state index in [-0.39, 0.29) is 0 Å². The van der Waals surface area contributed by atoms with Crippen molar-refractivity contribution in [2.45, 2.75) is 33.2 Å². The molecule has 0 bridgehead atoms. The molecule has 112 valence electrons. The molecule has 0 aromatic heterocycles. The minimum Gasteiger partial charge on any atom is -0.494 e. The quantitative estimate of drug-likeness (QED) is 0.828. The molecule has 0 amide bonds. The number of likely N-dealkylation sites (N-methyl/N-ethyl adjacent to an activating group) is 1. The van der Waals surface area contributed by atoms with E-state index in [2.05, 4.69) is 48.3 Å². The summed E-state index contributed by atoms with van der Waals surface area (Å²) in [5.74, 6) is 1.85. The fourth-order valence-corrected chi connectivity index (χ4v) is 3.02. The second kappa shape index (κ2) is 7.65. The van der Waals surface area contributed by atoms with Crippen LogP contribution < -0.4 is 10.1 Å². The van der Waals surface area contributed by atoms with Crippen molar-refractivity contribution in [1.82, 2.24) is 10.2 Å². The van der Waals surface area contributed by atoms with Crippen LogP contribution in [-0.2, 0) is 0 Å². The number of hydrogen-bond donors (Lipinski definition) is 1. The third-order valence-corrected chi connectivity index (χ3v) is 3.99. The normalized spacial score (nSPS) is 21.1. The number of rotatable bonds is 7. The van der Waals surface area contributed by atoms with Crippen molar-refractivity contribution in [3.8, 4) is 5.75 Å². The van der Waals surface area contributed by atoms with Crippen LogP contribution in [0.2, 0.25) is 0 Å². The van der Waals surface area contributed by atoms with Gasteiger partial charge in [-0.25, -0.2) is 0 Å². The van der Waals surface area contributed by atoms with Crippen LogP contribution >= 0.6 is 0 Å². The molecule has 1 aromatic rings. The summed E-state index contributed by atoms with van der Waals surface area (Å²) in [5.41, 5.74) is 1.29. The van der Waals surface area contributed by atoms with Crippen LogP contribution in [0.1, 0.15) is 38.8 Å². The van der Waals surface area contributed by atoms with E-state index in [0.29, 0.717) is 6.04 Å². The minimum absolute atomic E-state index is 0.355. The molecule has 1 heterocycles. The van der Waals surface area contributed by atoms with Gasteiger partial charge in [-0.15, -0.1) is 0 Å². The first-order chi connectivity index (χ1) is 9.74. The third-order valence-electron chi connectivity index (χ3n) is 3.99. The first-order valence-electron chi connectivity index (χ1n) is 7.92. The maximum Gasteiger partial charge on any atom is 0.124 e. The van der Waals surface area contributed by atoms with E-state index in [4.69, 9.17) is 4.74 Å². The zero-order valence-electron chi connectivity index (χ0n) is 13.1. The van der Waals surface area contributed by atoms with Gasteiger partial charge in [0, 0.05) is 24.7 Å². The van der Waals surface area contributed by atoms with E-state index in [1.165, 1.54) is 25.1 Å². The standard InChI is InChI=1S/C17H28N2O/c1-4-18-16(13-19-11-10-14(3)12-19)15-8-6-7-9-17(15)20-5-2/h6-9,14,16,18H,4-5,10-13H2,1-3H3. The lowest BCUT2D eigenvalue weighted by Gasteiger charge is -2.26. The van der Waals surface area contributed by atoms with Crippen LogP contribution in [0.3, 0.4) is 0 Å². The smallest absolute Gasteiger partial charge is 0.124 e. The first-order valence-corrected chi connectivity index (χ1v) is 7.92. The zero-order valence-corrected chi connectivity index (χ0v) is 13.1. The lowest BCUT2D eigenvalue weighted by atomic mass is 10.0. The summed E-state index contributed by atoms with van der Waals surface area (Å²) in [5, 5.41) is 3.62. The monoisotopic (exact) mass is 276 g/mol. The van der Waals surface area contributed by atoms with E-state index in [9.17, 15) is 0 Å². The van der Waals surface area contributed by atoms with Crippen molar-refractivity contribution < 1.29 is 4.74 Å². The fourth-order valence-electron chi connectivity index (χ4n) is 3.02. The van der Waals surface area contributed by atoms with Gasteiger partial charge in [0.25, 0.3) is 0 Å². The van der Waals surface area contributed by atoms with Crippen LogP contribution in [0.25, 0.3) is 0 Å². The van der Waals surface area contributed by atoms with Gasteiger partial charge in [-0.1, -0.05) is 32.0 Å². The summed E-state index contributed by atoms with van der Waals surface area (Å²) in [4.78, 5) is 2.57. The van der Waals surface area contributed by atoms with Crippen molar-refractivity contribution in [3.05, 3.63) is 29.8 Å². The summed E-state index contributed by atoms with van der Waals surface area (Å²) in [6, 6.07) is 8.78. The molecule has 2 unspecified atom stereocenters. The Morgan fingerprint density at radius 2 is 2.15 bits per heavy atom. The summed E-state index contributed by atoms with van der Waals surface area (Å²) in [7, 11) is 0. The molecule has 0 saturated carbocycles. The fraction of sp³-hybridized carbons (Fsp3) is 0.647. The Morgan fingerprint density at radius 3 is 2.80 bits per heavy atom. The second-order valence-corrected chi connectivity index (χ2v) is 5.73. The van der Waals surface area contributed by atoms with E-state index in [0.717, 1.165) is 31.4 Å². The molecule has 0 radical (unpaired) electrons. The summed E-state index contributed by atoms with van der Waals surface area (Å²) in [6.07, 6.45) is 1.33. The topological polar surface area (TPSA) is 24.5 Å². The molecule has 20 heavy (non-hydrogen) atoms. The van der Waals surface area contributed by atoms with Crippen molar-refractivity contribution in [3.63, 3.8) is 0 Å². The number of para-hydroxylation sites is 1. The molecule has 1 fully saturated rings. The molecule has 0 aliphatic carbocycles. The number of nitrogens with one attached hydrogen (secondary N) is 1. The Morgan fingerprint density at radius 1 is 1.35 bits per heavy atom. The van der Waals surface area contributed by atoms with Crippen molar-refractivity contribution in [1.29, 1.82) is 0 Å². The number of likely N-dealkylation sites (tertiary alicyclic amines) is 1. The molecule has 1 aromatic carbocycles. The Kier molecular flexibility index (Phi) is 5.86. The molecule has 1 saturated heterocycles. The third kappa shape index (κ3) is 3.97. The molecule has 0 spiro atoms. The maximum absolute atomic E-state index is 5.79. The highest BCUT2D eigenvalue weighted by molar-refractivity contribution is 5.36. The van der Waals surface area contributed by atoms with Gasteiger partial charge in [0.15, 0.2) is 0 Å². The average molecular weight is 276 g/mol. The van der Waals surface area contributed by atoms with Crippen molar-refractivity contribution >= 4 is 0 Å². The summed E-state index contributed by atoms with van der Waals surface area (Å²) in [6.45, 7) is 11.8. The molecule has 3 heteroatoms. The lowest BCUT2D eigenvalue weighted by Crippen LogP contribution is -2.34. The number of hydrogen-bond acceptors (Lipinski definition) is 3. The predicted octanol–water partition coefficient (Wildman–Crippen LogP) is 3.08. The Hall–Kier alpha value is -1.06. The number of ether oxygens (including phenoxy) is 1.